The third-order valence-electron chi connectivity index (χ3n) is 3.29. The van der Waals surface area contributed by atoms with Gasteiger partial charge in [0, 0.05) is 17.0 Å². The van der Waals surface area contributed by atoms with Crippen LogP contribution in [0.1, 0.15) is 27.4 Å². The minimum atomic E-state index is -0.568. The molecule has 0 spiro atoms. The highest BCUT2D eigenvalue weighted by molar-refractivity contribution is 5.87. The Morgan fingerprint density at radius 2 is 1.91 bits per heavy atom. The molecule has 0 aliphatic rings. The number of esters is 1. The molecule has 1 aromatic carbocycles. The molecule has 3 aromatic rings. The molecule has 0 N–H and O–H groups in total. The summed E-state index contributed by atoms with van der Waals surface area (Å²) < 4.78 is 15.6. The van der Waals surface area contributed by atoms with Crippen molar-refractivity contribution >= 4 is 16.9 Å². The first kappa shape index (κ1) is 14.1. The molecular weight excluding hydrogens is 284 g/mol. The van der Waals surface area contributed by atoms with Gasteiger partial charge >= 0.3 is 11.6 Å². The Labute approximate surface area is 126 Å². The second-order valence-corrected chi connectivity index (χ2v) is 5.08. The van der Waals surface area contributed by atoms with E-state index < -0.39 is 11.6 Å². The predicted octanol–water partition coefficient (Wildman–Crippen LogP) is 3.36. The molecule has 0 radical (unpaired) electrons. The lowest BCUT2D eigenvalue weighted by molar-refractivity contribution is 0.0436. The van der Waals surface area contributed by atoms with Crippen molar-refractivity contribution in [2.45, 2.75) is 20.5 Å². The van der Waals surface area contributed by atoms with Crippen molar-refractivity contribution < 1.29 is 18.4 Å². The van der Waals surface area contributed by atoms with Crippen LogP contribution < -0.4 is 5.63 Å². The van der Waals surface area contributed by atoms with E-state index in [9.17, 15) is 9.59 Å². The maximum absolute atomic E-state index is 11.9. The number of ether oxygens (including phenoxy) is 1. The van der Waals surface area contributed by atoms with E-state index in [2.05, 4.69) is 0 Å². The van der Waals surface area contributed by atoms with Crippen molar-refractivity contribution in [1.29, 1.82) is 0 Å². The summed E-state index contributed by atoms with van der Waals surface area (Å²) in [6, 6.07) is 10.1. The van der Waals surface area contributed by atoms with Gasteiger partial charge in [0.1, 0.15) is 18.0 Å². The fourth-order valence-corrected chi connectivity index (χ4v) is 2.22. The molecule has 0 saturated heterocycles. The topological polar surface area (TPSA) is 69.7 Å². The lowest BCUT2D eigenvalue weighted by atomic mass is 10.1. The molecule has 5 nitrogen and oxygen atoms in total. The van der Waals surface area contributed by atoms with E-state index in [1.165, 1.54) is 6.07 Å². The first-order chi connectivity index (χ1) is 10.5. The normalized spacial score (nSPS) is 10.8. The van der Waals surface area contributed by atoms with Gasteiger partial charge in [0.05, 0.1) is 0 Å². The minimum Gasteiger partial charge on any atom is -0.455 e. The summed E-state index contributed by atoms with van der Waals surface area (Å²) in [7, 11) is 0. The Morgan fingerprint density at radius 1 is 1.09 bits per heavy atom. The maximum Gasteiger partial charge on any atom is 0.374 e. The molecule has 0 bridgehead atoms. The van der Waals surface area contributed by atoms with Crippen LogP contribution in [0, 0.1) is 13.8 Å². The van der Waals surface area contributed by atoms with E-state index in [1.807, 2.05) is 19.1 Å². The lowest BCUT2D eigenvalue weighted by Gasteiger charge is -2.06. The molecule has 3 rings (SSSR count). The van der Waals surface area contributed by atoms with E-state index in [-0.39, 0.29) is 12.4 Å². The van der Waals surface area contributed by atoms with Crippen molar-refractivity contribution in [1.82, 2.24) is 0 Å². The smallest absolute Gasteiger partial charge is 0.374 e. The van der Waals surface area contributed by atoms with Crippen LogP contribution in [-0.4, -0.2) is 5.97 Å². The SMILES string of the molecule is Cc1ccc2c(COC(=O)c3ccc(C)o3)cc(=O)oc2c1. The molecular formula is C17H14O5. The fraction of sp³-hybridized carbons (Fsp3) is 0.176. The van der Waals surface area contributed by atoms with Crippen LogP contribution in [0.15, 0.2) is 50.0 Å². The second-order valence-electron chi connectivity index (χ2n) is 5.08. The average Bonchev–Trinajstić information content (AvgIpc) is 2.90. The number of hydrogen-bond acceptors (Lipinski definition) is 5. The van der Waals surface area contributed by atoms with E-state index in [0.29, 0.717) is 16.9 Å². The first-order valence-electron chi connectivity index (χ1n) is 6.80. The molecule has 0 atom stereocenters. The van der Waals surface area contributed by atoms with E-state index in [1.54, 1.807) is 25.1 Å². The molecule has 2 heterocycles. The first-order valence-corrected chi connectivity index (χ1v) is 6.80. The summed E-state index contributed by atoms with van der Waals surface area (Å²) in [6.07, 6.45) is 0. The van der Waals surface area contributed by atoms with Gasteiger partial charge in [-0.25, -0.2) is 9.59 Å². The van der Waals surface area contributed by atoms with E-state index in [0.717, 1.165) is 10.9 Å². The Bertz CT molecular complexity index is 901. The van der Waals surface area contributed by atoms with Crippen LogP contribution in [0.25, 0.3) is 11.0 Å². The minimum absolute atomic E-state index is 0.0241. The summed E-state index contributed by atoms with van der Waals surface area (Å²) in [5, 5.41) is 0.744. The molecule has 0 aliphatic carbocycles. The highest BCUT2D eigenvalue weighted by Gasteiger charge is 2.13. The van der Waals surface area contributed by atoms with Gasteiger partial charge < -0.3 is 13.6 Å². The third kappa shape index (κ3) is 2.79. The zero-order valence-electron chi connectivity index (χ0n) is 12.2. The van der Waals surface area contributed by atoms with Crippen molar-refractivity contribution in [2.75, 3.05) is 0 Å². The van der Waals surface area contributed by atoms with Gasteiger partial charge in [0.2, 0.25) is 5.76 Å². The van der Waals surface area contributed by atoms with Crippen molar-refractivity contribution in [3.05, 3.63) is 69.5 Å². The Kier molecular flexibility index (Phi) is 3.55. The molecule has 2 aromatic heterocycles. The number of carbonyl (C=O) groups excluding carboxylic acids is 1. The molecule has 5 heteroatoms. The lowest BCUT2D eigenvalue weighted by Crippen LogP contribution is -2.07. The summed E-state index contributed by atoms with van der Waals surface area (Å²) >= 11 is 0. The van der Waals surface area contributed by atoms with Crippen LogP contribution in [0.2, 0.25) is 0 Å². The Morgan fingerprint density at radius 3 is 2.64 bits per heavy atom. The van der Waals surface area contributed by atoms with Crippen LogP contribution in [0.5, 0.6) is 0 Å². The van der Waals surface area contributed by atoms with Crippen LogP contribution >= 0.6 is 0 Å². The number of fused-ring (bicyclic) bond motifs is 1. The zero-order valence-corrected chi connectivity index (χ0v) is 12.2. The molecule has 0 unspecified atom stereocenters. The van der Waals surface area contributed by atoms with Crippen LogP contribution in [0.3, 0.4) is 0 Å². The maximum atomic E-state index is 11.9. The van der Waals surface area contributed by atoms with E-state index >= 15 is 0 Å². The monoisotopic (exact) mass is 298 g/mol. The molecule has 22 heavy (non-hydrogen) atoms. The molecule has 0 amide bonds. The van der Waals surface area contributed by atoms with Gasteiger partial charge in [-0.2, -0.15) is 0 Å². The van der Waals surface area contributed by atoms with Gasteiger partial charge in [-0.15, -0.1) is 0 Å². The average molecular weight is 298 g/mol. The summed E-state index contributed by atoms with van der Waals surface area (Å²) in [6.45, 7) is 3.63. The summed E-state index contributed by atoms with van der Waals surface area (Å²) in [5.74, 6) is 0.204. The van der Waals surface area contributed by atoms with Gasteiger partial charge in [-0.3, -0.25) is 0 Å². The zero-order chi connectivity index (χ0) is 15.7. The van der Waals surface area contributed by atoms with Gasteiger partial charge in [-0.05, 0) is 37.6 Å². The predicted molar refractivity (Wildman–Crippen MR) is 79.8 cm³/mol. The number of carbonyl (C=O) groups is 1. The summed E-state index contributed by atoms with van der Waals surface area (Å²) in [5.41, 5.74) is 1.59. The van der Waals surface area contributed by atoms with Gasteiger partial charge in [0.15, 0.2) is 0 Å². The number of rotatable bonds is 3. The van der Waals surface area contributed by atoms with Crippen LogP contribution in [0.4, 0.5) is 0 Å². The highest BCUT2D eigenvalue weighted by Crippen LogP contribution is 2.19. The molecule has 0 fully saturated rings. The number of furan rings is 1. The van der Waals surface area contributed by atoms with E-state index in [4.69, 9.17) is 13.6 Å². The Balaban J connectivity index is 1.87. The van der Waals surface area contributed by atoms with Crippen molar-refractivity contribution in [3.8, 4) is 0 Å². The second kappa shape index (κ2) is 5.52. The molecule has 112 valence electrons. The number of hydrogen-bond donors (Lipinski definition) is 0. The Hall–Kier alpha value is -2.82. The van der Waals surface area contributed by atoms with Gasteiger partial charge in [0.25, 0.3) is 0 Å². The quantitative estimate of drug-likeness (QED) is 0.548. The largest absolute Gasteiger partial charge is 0.455 e. The third-order valence-corrected chi connectivity index (χ3v) is 3.29. The molecule has 0 aliphatic heterocycles. The summed E-state index contributed by atoms with van der Waals surface area (Å²) in [4.78, 5) is 23.5. The molecule has 0 saturated carbocycles. The fourth-order valence-electron chi connectivity index (χ4n) is 2.22. The highest BCUT2D eigenvalue weighted by atomic mass is 16.5. The van der Waals surface area contributed by atoms with Crippen molar-refractivity contribution in [3.63, 3.8) is 0 Å². The number of benzene rings is 1. The van der Waals surface area contributed by atoms with Crippen molar-refractivity contribution in [2.24, 2.45) is 0 Å². The standard InChI is InChI=1S/C17H14O5/c1-10-3-5-13-12(8-16(18)22-15(13)7-10)9-20-17(19)14-6-4-11(2)21-14/h3-8H,9H2,1-2H3. The van der Waals surface area contributed by atoms with Gasteiger partial charge in [-0.1, -0.05) is 12.1 Å². The number of aryl methyl sites for hydroxylation is 2. The van der Waals surface area contributed by atoms with Crippen LogP contribution in [-0.2, 0) is 11.3 Å².